The van der Waals surface area contributed by atoms with Gasteiger partial charge >= 0.3 is 0 Å². The van der Waals surface area contributed by atoms with Gasteiger partial charge < -0.3 is 5.11 Å². The molecule has 0 saturated heterocycles. The maximum absolute atomic E-state index is 9.42. The lowest BCUT2D eigenvalue weighted by atomic mass is 10.1. The van der Waals surface area contributed by atoms with Crippen molar-refractivity contribution in [3.63, 3.8) is 0 Å². The van der Waals surface area contributed by atoms with E-state index in [0.717, 1.165) is 16.5 Å². The molecule has 0 amide bonds. The van der Waals surface area contributed by atoms with Gasteiger partial charge in [-0.2, -0.15) is 10.1 Å². The second-order valence-electron chi connectivity index (χ2n) is 3.89. The van der Waals surface area contributed by atoms with Crippen LogP contribution in [0, 0.1) is 0 Å². The van der Waals surface area contributed by atoms with Gasteiger partial charge in [0, 0.05) is 35.3 Å². The molecule has 0 aliphatic carbocycles. The highest BCUT2D eigenvalue weighted by Gasteiger charge is 2.11. The van der Waals surface area contributed by atoms with Gasteiger partial charge in [0.2, 0.25) is 5.88 Å². The van der Waals surface area contributed by atoms with Crippen LogP contribution in [0.5, 0.6) is 5.88 Å². The van der Waals surface area contributed by atoms with Gasteiger partial charge in [0.1, 0.15) is 0 Å². The normalized spacial score (nSPS) is 11.0. The Hall–Kier alpha value is -2.14. The number of aromatic nitrogens is 4. The Kier molecular flexibility index (Phi) is 2.41. The zero-order chi connectivity index (χ0) is 12.7. The molecule has 2 aromatic heterocycles. The topological polar surface area (TPSA) is 63.8 Å². The fourth-order valence-electron chi connectivity index (χ4n) is 1.88. The number of aryl methyl sites for hydroxylation is 1. The van der Waals surface area contributed by atoms with Crippen molar-refractivity contribution < 1.29 is 5.11 Å². The fourth-order valence-corrected chi connectivity index (χ4v) is 2.09. The van der Waals surface area contributed by atoms with Crippen LogP contribution in [0.1, 0.15) is 0 Å². The van der Waals surface area contributed by atoms with Gasteiger partial charge in [-0.3, -0.25) is 4.68 Å². The highest BCUT2D eigenvalue weighted by molar-refractivity contribution is 6.31. The second-order valence-corrected chi connectivity index (χ2v) is 4.33. The van der Waals surface area contributed by atoms with E-state index in [1.807, 2.05) is 13.1 Å². The Labute approximate surface area is 108 Å². The van der Waals surface area contributed by atoms with Crippen molar-refractivity contribution in [1.29, 1.82) is 0 Å². The fraction of sp³-hybridized carbons (Fsp3) is 0.0833. The summed E-state index contributed by atoms with van der Waals surface area (Å²) in [6.07, 6.45) is 3.23. The molecule has 6 heteroatoms. The van der Waals surface area contributed by atoms with Crippen LogP contribution in [0.2, 0.25) is 5.02 Å². The molecule has 0 saturated carbocycles. The lowest BCUT2D eigenvalue weighted by Crippen LogP contribution is -1.91. The first-order valence-corrected chi connectivity index (χ1v) is 5.66. The van der Waals surface area contributed by atoms with Crippen LogP contribution in [-0.2, 0) is 7.05 Å². The van der Waals surface area contributed by atoms with Crippen molar-refractivity contribution in [3.05, 3.63) is 35.6 Å². The molecule has 0 atom stereocenters. The Bertz CT molecular complexity index is 738. The maximum Gasteiger partial charge on any atom is 0.214 e. The summed E-state index contributed by atoms with van der Waals surface area (Å²) in [6, 6.07) is 5.02. The van der Waals surface area contributed by atoms with Gasteiger partial charge in [-0.1, -0.05) is 11.6 Å². The molecule has 0 aliphatic rings. The van der Waals surface area contributed by atoms with E-state index >= 15 is 0 Å². The third-order valence-electron chi connectivity index (χ3n) is 2.71. The molecule has 1 N–H and O–H groups in total. The number of hydrogen-bond acceptors (Lipinski definition) is 4. The summed E-state index contributed by atoms with van der Waals surface area (Å²) in [5.41, 5.74) is 1.64. The number of rotatable bonds is 1. The van der Waals surface area contributed by atoms with Crippen LogP contribution in [0.15, 0.2) is 30.6 Å². The zero-order valence-corrected chi connectivity index (χ0v) is 10.3. The van der Waals surface area contributed by atoms with Gasteiger partial charge in [0.15, 0.2) is 5.82 Å². The number of nitrogens with zero attached hydrogens (tertiary/aromatic N) is 4. The van der Waals surface area contributed by atoms with Crippen molar-refractivity contribution >= 4 is 22.5 Å². The molecule has 5 nitrogen and oxygen atoms in total. The monoisotopic (exact) mass is 260 g/mol. The SMILES string of the molecule is Cn1ncc2c(-c3nccc(O)n3)cc(Cl)cc21. The molecule has 0 radical (unpaired) electrons. The average molecular weight is 261 g/mol. The summed E-state index contributed by atoms with van der Waals surface area (Å²) >= 11 is 6.08. The first kappa shape index (κ1) is 11.0. The molecule has 0 aliphatic heterocycles. The van der Waals surface area contributed by atoms with Crippen molar-refractivity contribution in [1.82, 2.24) is 19.7 Å². The van der Waals surface area contributed by atoms with E-state index in [0.29, 0.717) is 10.8 Å². The van der Waals surface area contributed by atoms with E-state index in [1.54, 1.807) is 16.9 Å². The Morgan fingerprint density at radius 1 is 1.33 bits per heavy atom. The number of fused-ring (bicyclic) bond motifs is 1. The molecule has 90 valence electrons. The molecule has 0 bridgehead atoms. The zero-order valence-electron chi connectivity index (χ0n) is 9.50. The summed E-state index contributed by atoms with van der Waals surface area (Å²) in [4.78, 5) is 8.14. The van der Waals surface area contributed by atoms with Gasteiger partial charge in [0.25, 0.3) is 0 Å². The molecule has 0 unspecified atom stereocenters. The van der Waals surface area contributed by atoms with Crippen molar-refractivity contribution in [2.24, 2.45) is 7.05 Å². The molecular formula is C12H9ClN4O. The van der Waals surface area contributed by atoms with Crippen LogP contribution >= 0.6 is 11.6 Å². The molecule has 2 heterocycles. The number of hydrogen-bond donors (Lipinski definition) is 1. The lowest BCUT2D eigenvalue weighted by molar-refractivity contribution is 0.453. The van der Waals surface area contributed by atoms with E-state index in [1.165, 1.54) is 12.3 Å². The Morgan fingerprint density at radius 2 is 2.17 bits per heavy atom. The van der Waals surface area contributed by atoms with Crippen molar-refractivity contribution in [2.75, 3.05) is 0 Å². The lowest BCUT2D eigenvalue weighted by Gasteiger charge is -2.04. The van der Waals surface area contributed by atoms with Crippen LogP contribution in [0.4, 0.5) is 0 Å². The maximum atomic E-state index is 9.42. The van der Waals surface area contributed by atoms with E-state index in [4.69, 9.17) is 11.6 Å². The Morgan fingerprint density at radius 3 is 2.94 bits per heavy atom. The quantitative estimate of drug-likeness (QED) is 0.730. The predicted octanol–water partition coefficient (Wildman–Crippen LogP) is 2.39. The van der Waals surface area contributed by atoms with Gasteiger partial charge in [0.05, 0.1) is 11.7 Å². The Balaban J connectivity index is 2.35. The second kappa shape index (κ2) is 3.96. The van der Waals surface area contributed by atoms with Gasteiger partial charge in [-0.05, 0) is 12.1 Å². The number of benzene rings is 1. The van der Waals surface area contributed by atoms with E-state index < -0.39 is 0 Å². The molecule has 0 fully saturated rings. The van der Waals surface area contributed by atoms with Gasteiger partial charge in [-0.25, -0.2) is 4.98 Å². The average Bonchev–Trinajstić information content (AvgIpc) is 2.70. The van der Waals surface area contributed by atoms with Crippen molar-refractivity contribution in [3.8, 4) is 17.3 Å². The standard InChI is InChI=1S/C12H9ClN4O/c1-17-10-5-7(13)4-8(9(10)6-15-17)12-14-3-2-11(18)16-12/h2-6H,1H3,(H,14,16,18). The predicted molar refractivity (Wildman–Crippen MR) is 68.4 cm³/mol. The molecular weight excluding hydrogens is 252 g/mol. The highest BCUT2D eigenvalue weighted by atomic mass is 35.5. The molecule has 0 spiro atoms. The summed E-state index contributed by atoms with van der Waals surface area (Å²) in [7, 11) is 1.84. The molecule has 18 heavy (non-hydrogen) atoms. The van der Waals surface area contributed by atoms with E-state index in [2.05, 4.69) is 15.1 Å². The minimum absolute atomic E-state index is 0.0722. The van der Waals surface area contributed by atoms with Crippen molar-refractivity contribution in [2.45, 2.75) is 0 Å². The first-order chi connectivity index (χ1) is 8.65. The van der Waals surface area contributed by atoms with Crippen LogP contribution in [0.25, 0.3) is 22.3 Å². The summed E-state index contributed by atoms with van der Waals surface area (Å²) < 4.78 is 1.73. The largest absolute Gasteiger partial charge is 0.493 e. The first-order valence-electron chi connectivity index (χ1n) is 5.29. The minimum atomic E-state index is -0.0722. The smallest absolute Gasteiger partial charge is 0.214 e. The van der Waals surface area contributed by atoms with E-state index in [9.17, 15) is 5.11 Å². The molecule has 3 rings (SSSR count). The van der Waals surface area contributed by atoms with Crippen LogP contribution in [-0.4, -0.2) is 24.9 Å². The molecule has 1 aromatic carbocycles. The summed E-state index contributed by atoms with van der Waals surface area (Å²) in [6.45, 7) is 0. The molecule has 3 aromatic rings. The van der Waals surface area contributed by atoms with Crippen LogP contribution < -0.4 is 0 Å². The number of halogens is 1. The highest BCUT2D eigenvalue weighted by Crippen LogP contribution is 2.30. The number of aromatic hydroxyl groups is 1. The minimum Gasteiger partial charge on any atom is -0.493 e. The van der Waals surface area contributed by atoms with E-state index in [-0.39, 0.29) is 5.88 Å². The summed E-state index contributed by atoms with van der Waals surface area (Å²) in [5, 5.41) is 15.1. The van der Waals surface area contributed by atoms with Gasteiger partial charge in [-0.15, -0.1) is 0 Å². The third-order valence-corrected chi connectivity index (χ3v) is 2.93. The van der Waals surface area contributed by atoms with Crippen LogP contribution in [0.3, 0.4) is 0 Å². The summed E-state index contributed by atoms with van der Waals surface area (Å²) in [5.74, 6) is 0.354. The third kappa shape index (κ3) is 1.69.